The lowest BCUT2D eigenvalue weighted by molar-refractivity contribution is -0.139. The van der Waals surface area contributed by atoms with Gasteiger partial charge in [0.15, 0.2) is 0 Å². The van der Waals surface area contributed by atoms with Crippen LogP contribution in [0, 0.1) is 0 Å². The molecule has 0 aromatic carbocycles. The molecule has 2 rings (SSSR count). The minimum absolute atomic E-state index is 0.0872. The Bertz CT molecular complexity index is 572. The first-order chi connectivity index (χ1) is 9.93. The lowest BCUT2D eigenvalue weighted by atomic mass is 10.1. The van der Waals surface area contributed by atoms with E-state index in [0.29, 0.717) is 10.8 Å². The topological polar surface area (TPSA) is 68.5 Å². The van der Waals surface area contributed by atoms with Crippen molar-refractivity contribution in [3.05, 3.63) is 22.9 Å². The number of fused-ring (bicyclic) bond motifs is 1. The number of aromatic nitrogens is 1. The number of rotatable bonds is 5. The number of ether oxygens (including phenoxy) is 1. The third kappa shape index (κ3) is 3.32. The molecule has 1 aliphatic carbocycles. The summed E-state index contributed by atoms with van der Waals surface area (Å²) in [6, 6.07) is 2.11. The fraction of sp³-hybridized carbons (Fsp3) is 0.533. The zero-order valence-electron chi connectivity index (χ0n) is 12.7. The van der Waals surface area contributed by atoms with Crippen LogP contribution >= 0.6 is 12.2 Å². The number of carbonyl (C=O) groups excluding carboxylic acids is 1. The molecule has 0 fully saturated rings. The van der Waals surface area contributed by atoms with Crippen molar-refractivity contribution in [3.63, 3.8) is 0 Å². The Hall–Kier alpha value is -1.69. The summed E-state index contributed by atoms with van der Waals surface area (Å²) in [7, 11) is 1.38. The maximum absolute atomic E-state index is 11.7. The van der Waals surface area contributed by atoms with Gasteiger partial charge in [-0.05, 0) is 44.7 Å². The van der Waals surface area contributed by atoms with Crippen molar-refractivity contribution in [2.75, 3.05) is 18.6 Å². The monoisotopic (exact) mass is 307 g/mol. The van der Waals surface area contributed by atoms with E-state index in [1.54, 1.807) is 0 Å². The summed E-state index contributed by atoms with van der Waals surface area (Å²) in [5.74, 6) is 0.378. The molecule has 0 bridgehead atoms. The largest absolute Gasteiger partial charge is 0.468 e. The molecule has 0 atom stereocenters. The van der Waals surface area contributed by atoms with E-state index in [2.05, 4.69) is 0 Å². The molecule has 1 aliphatic rings. The molecular formula is C15H21N3O2S. The molecule has 0 unspecified atom stereocenters. The zero-order chi connectivity index (χ0) is 15.6. The molecule has 21 heavy (non-hydrogen) atoms. The third-order valence-corrected chi connectivity index (χ3v) is 3.94. The number of nitrogens with two attached hydrogens (primary N) is 1. The number of thiocarbonyl (C=S) groups is 1. The summed E-state index contributed by atoms with van der Waals surface area (Å²) >= 11 is 5.16. The maximum Gasteiger partial charge on any atom is 0.325 e. The van der Waals surface area contributed by atoms with Gasteiger partial charge in [-0.3, -0.25) is 4.79 Å². The standard InChI is InChI=1S/C15H21N3O2S/c1-9(2)18(8-13(19)20-3)15-11(14(16)21)7-10-5-4-6-12(10)17-15/h7,9H,4-6,8H2,1-3H3,(H2,16,21). The van der Waals surface area contributed by atoms with Crippen molar-refractivity contribution in [3.8, 4) is 0 Å². The molecule has 6 heteroatoms. The van der Waals surface area contributed by atoms with Crippen LogP contribution in [-0.4, -0.2) is 35.6 Å². The summed E-state index contributed by atoms with van der Waals surface area (Å²) in [4.78, 5) is 18.6. The van der Waals surface area contributed by atoms with Gasteiger partial charge in [0, 0.05) is 11.7 Å². The number of pyridine rings is 1. The molecular weight excluding hydrogens is 286 g/mol. The second kappa shape index (κ2) is 6.39. The van der Waals surface area contributed by atoms with Gasteiger partial charge in [0.25, 0.3) is 0 Å². The number of carbonyl (C=O) groups is 1. The number of hydrogen-bond donors (Lipinski definition) is 1. The van der Waals surface area contributed by atoms with E-state index in [9.17, 15) is 4.79 Å². The highest BCUT2D eigenvalue weighted by Crippen LogP contribution is 2.28. The molecule has 0 saturated carbocycles. The first-order valence-electron chi connectivity index (χ1n) is 7.10. The molecule has 1 aromatic heterocycles. The first kappa shape index (κ1) is 15.7. The van der Waals surface area contributed by atoms with Crippen LogP contribution in [0.2, 0.25) is 0 Å². The zero-order valence-corrected chi connectivity index (χ0v) is 13.5. The lowest BCUT2D eigenvalue weighted by Gasteiger charge is -2.29. The Labute approximate surface area is 130 Å². The van der Waals surface area contributed by atoms with Gasteiger partial charge in [-0.25, -0.2) is 4.98 Å². The Morgan fingerprint density at radius 1 is 1.52 bits per heavy atom. The SMILES string of the molecule is COC(=O)CN(c1nc2c(cc1C(N)=S)CCC2)C(C)C. The van der Waals surface area contributed by atoms with E-state index in [1.807, 2.05) is 24.8 Å². The van der Waals surface area contributed by atoms with Crippen LogP contribution in [0.4, 0.5) is 5.82 Å². The number of anilines is 1. The lowest BCUT2D eigenvalue weighted by Crippen LogP contribution is -2.38. The molecule has 0 aliphatic heterocycles. The summed E-state index contributed by atoms with van der Waals surface area (Å²) in [6.07, 6.45) is 3.07. The number of methoxy groups -OCH3 is 1. The number of nitrogens with zero attached hydrogens (tertiary/aromatic N) is 2. The quantitative estimate of drug-likeness (QED) is 0.658. The second-order valence-electron chi connectivity index (χ2n) is 5.48. The number of aryl methyl sites for hydroxylation is 2. The molecule has 5 nitrogen and oxygen atoms in total. The Morgan fingerprint density at radius 2 is 2.24 bits per heavy atom. The fourth-order valence-corrected chi connectivity index (χ4v) is 2.72. The predicted molar refractivity (Wildman–Crippen MR) is 86.6 cm³/mol. The average molecular weight is 307 g/mol. The van der Waals surface area contributed by atoms with Crippen LogP contribution in [-0.2, 0) is 22.4 Å². The molecule has 0 amide bonds. The van der Waals surface area contributed by atoms with Crippen LogP contribution in [0.15, 0.2) is 6.07 Å². The molecule has 114 valence electrons. The van der Waals surface area contributed by atoms with Crippen molar-refractivity contribution in [2.24, 2.45) is 5.73 Å². The van der Waals surface area contributed by atoms with Crippen LogP contribution in [0.3, 0.4) is 0 Å². The minimum atomic E-state index is -0.306. The number of hydrogen-bond acceptors (Lipinski definition) is 5. The van der Waals surface area contributed by atoms with Gasteiger partial charge in [-0.15, -0.1) is 0 Å². The van der Waals surface area contributed by atoms with Gasteiger partial charge in [-0.2, -0.15) is 0 Å². The Balaban J connectivity index is 2.48. The Morgan fingerprint density at radius 3 is 2.81 bits per heavy atom. The van der Waals surface area contributed by atoms with Gasteiger partial charge >= 0.3 is 5.97 Å². The van der Waals surface area contributed by atoms with E-state index in [1.165, 1.54) is 12.7 Å². The van der Waals surface area contributed by atoms with E-state index in [0.717, 1.165) is 30.5 Å². The molecule has 0 radical (unpaired) electrons. The molecule has 1 heterocycles. The van der Waals surface area contributed by atoms with Crippen LogP contribution in [0.25, 0.3) is 0 Å². The fourth-order valence-electron chi connectivity index (χ4n) is 2.57. The van der Waals surface area contributed by atoms with Crippen molar-refractivity contribution in [2.45, 2.75) is 39.2 Å². The van der Waals surface area contributed by atoms with Gasteiger partial charge in [0.1, 0.15) is 17.4 Å². The molecule has 2 N–H and O–H groups in total. The van der Waals surface area contributed by atoms with Gasteiger partial charge in [0.2, 0.25) is 0 Å². The first-order valence-corrected chi connectivity index (χ1v) is 7.51. The van der Waals surface area contributed by atoms with E-state index in [4.69, 9.17) is 27.7 Å². The third-order valence-electron chi connectivity index (χ3n) is 3.72. The van der Waals surface area contributed by atoms with E-state index in [-0.39, 0.29) is 18.6 Å². The Kier molecular flexibility index (Phi) is 4.77. The van der Waals surface area contributed by atoms with Crippen LogP contribution in [0.1, 0.15) is 37.1 Å². The highest BCUT2D eigenvalue weighted by atomic mass is 32.1. The summed E-state index contributed by atoms with van der Waals surface area (Å²) in [5.41, 5.74) is 8.89. The van der Waals surface area contributed by atoms with Crippen molar-refractivity contribution in [1.82, 2.24) is 4.98 Å². The molecule has 0 spiro atoms. The van der Waals surface area contributed by atoms with Gasteiger partial charge < -0.3 is 15.4 Å². The van der Waals surface area contributed by atoms with Crippen LogP contribution < -0.4 is 10.6 Å². The summed E-state index contributed by atoms with van der Waals surface area (Å²) in [5, 5.41) is 0. The van der Waals surface area contributed by atoms with Gasteiger partial charge in [0.05, 0.1) is 12.7 Å². The second-order valence-corrected chi connectivity index (χ2v) is 5.92. The summed E-state index contributed by atoms with van der Waals surface area (Å²) < 4.78 is 4.77. The van der Waals surface area contributed by atoms with E-state index < -0.39 is 0 Å². The highest BCUT2D eigenvalue weighted by molar-refractivity contribution is 7.80. The summed E-state index contributed by atoms with van der Waals surface area (Å²) in [6.45, 7) is 4.14. The normalized spacial score (nSPS) is 13.1. The van der Waals surface area contributed by atoms with Crippen molar-refractivity contribution >= 4 is 29.0 Å². The minimum Gasteiger partial charge on any atom is -0.468 e. The maximum atomic E-state index is 11.7. The number of esters is 1. The highest BCUT2D eigenvalue weighted by Gasteiger charge is 2.24. The molecule has 1 aromatic rings. The van der Waals surface area contributed by atoms with E-state index >= 15 is 0 Å². The molecule has 0 saturated heterocycles. The van der Waals surface area contributed by atoms with Crippen molar-refractivity contribution in [1.29, 1.82) is 0 Å². The average Bonchev–Trinajstić information content (AvgIpc) is 2.89. The van der Waals surface area contributed by atoms with Crippen molar-refractivity contribution < 1.29 is 9.53 Å². The smallest absolute Gasteiger partial charge is 0.325 e. The van der Waals surface area contributed by atoms with Gasteiger partial charge in [-0.1, -0.05) is 12.2 Å². The predicted octanol–water partition coefficient (Wildman–Crippen LogP) is 1.59. The van der Waals surface area contributed by atoms with Crippen LogP contribution in [0.5, 0.6) is 0 Å².